The van der Waals surface area contributed by atoms with Gasteiger partial charge in [-0.1, -0.05) is 24.3 Å². The summed E-state index contributed by atoms with van der Waals surface area (Å²) in [6.45, 7) is 0. The average Bonchev–Trinajstić information content (AvgIpc) is 2.52. The van der Waals surface area contributed by atoms with Crippen LogP contribution < -0.4 is 0 Å². The van der Waals surface area contributed by atoms with E-state index in [1.54, 1.807) is 17.0 Å². The number of hydrogen-bond acceptors (Lipinski definition) is 3. The molecule has 0 unspecified atom stereocenters. The molecule has 2 aliphatic rings. The maximum atomic E-state index is 12.1. The molecule has 21 heavy (non-hydrogen) atoms. The van der Waals surface area contributed by atoms with Gasteiger partial charge in [0.15, 0.2) is 0 Å². The molecule has 2 atom stereocenters. The van der Waals surface area contributed by atoms with Crippen LogP contribution in [0.5, 0.6) is 0 Å². The molecule has 1 aliphatic heterocycles. The summed E-state index contributed by atoms with van der Waals surface area (Å²) in [5.41, 5.74) is 1.68. The Morgan fingerprint density at radius 2 is 2.05 bits per heavy atom. The fourth-order valence-corrected chi connectivity index (χ4v) is 3.13. The third-order valence-corrected chi connectivity index (χ3v) is 4.31. The summed E-state index contributed by atoms with van der Waals surface area (Å²) in [4.78, 5) is 25.5. The maximum Gasteiger partial charge on any atom is 0.338 e. The van der Waals surface area contributed by atoms with Crippen molar-refractivity contribution in [1.82, 2.24) is 4.90 Å². The molecule has 0 spiro atoms. The van der Waals surface area contributed by atoms with Crippen molar-refractivity contribution in [2.24, 2.45) is 5.92 Å². The van der Waals surface area contributed by atoms with Gasteiger partial charge in [0.2, 0.25) is 5.91 Å². The molecule has 1 heterocycles. The maximum absolute atomic E-state index is 12.1. The molecule has 0 bridgehead atoms. The monoisotopic (exact) mass is 285 g/mol. The highest BCUT2D eigenvalue weighted by atomic mass is 16.5. The highest BCUT2D eigenvalue weighted by Crippen LogP contribution is 2.35. The Labute approximate surface area is 124 Å². The Morgan fingerprint density at radius 1 is 1.29 bits per heavy atom. The first-order valence-electron chi connectivity index (χ1n) is 7.38. The number of hydrogen-bond donors (Lipinski definition) is 0. The summed E-state index contributed by atoms with van der Waals surface area (Å²) in [6, 6.07) is 9.06. The molecule has 0 radical (unpaired) electrons. The minimum atomic E-state index is -0.266. The third kappa shape index (κ3) is 2.84. The van der Waals surface area contributed by atoms with E-state index in [0.29, 0.717) is 24.3 Å². The topological polar surface area (TPSA) is 46.6 Å². The molecule has 0 aromatic heterocycles. The van der Waals surface area contributed by atoms with Gasteiger partial charge < -0.3 is 9.64 Å². The van der Waals surface area contributed by atoms with Crippen LogP contribution in [0.25, 0.3) is 0 Å². The minimum absolute atomic E-state index is 0.0898. The summed E-state index contributed by atoms with van der Waals surface area (Å²) in [7, 11) is 1.83. The van der Waals surface area contributed by atoms with Crippen LogP contribution in [0.15, 0.2) is 42.1 Å². The van der Waals surface area contributed by atoms with Gasteiger partial charge in [0.1, 0.15) is 6.10 Å². The van der Waals surface area contributed by atoms with E-state index in [-0.39, 0.29) is 18.0 Å². The minimum Gasteiger partial charge on any atom is -0.458 e. The van der Waals surface area contributed by atoms with Crippen molar-refractivity contribution in [2.75, 3.05) is 7.05 Å². The van der Waals surface area contributed by atoms with E-state index in [2.05, 4.69) is 0 Å². The molecule has 1 aromatic rings. The number of carbonyl (C=O) groups excluding carboxylic acids is 2. The number of allylic oxidation sites excluding steroid dienone is 1. The SMILES string of the molecule is CN1C(=O)CC[C@@H]2C[C@H](OC(=O)c3ccccc3)CC=C21. The third-order valence-electron chi connectivity index (χ3n) is 4.31. The van der Waals surface area contributed by atoms with Gasteiger partial charge in [0.25, 0.3) is 0 Å². The van der Waals surface area contributed by atoms with E-state index < -0.39 is 0 Å². The first-order valence-corrected chi connectivity index (χ1v) is 7.38. The first kappa shape index (κ1) is 13.9. The molecule has 4 nitrogen and oxygen atoms in total. The summed E-state index contributed by atoms with van der Waals surface area (Å²) < 4.78 is 5.60. The molecular weight excluding hydrogens is 266 g/mol. The predicted octanol–water partition coefficient (Wildman–Crippen LogP) is 2.76. The van der Waals surface area contributed by atoms with Gasteiger partial charge in [0.05, 0.1) is 5.56 Å². The van der Waals surface area contributed by atoms with Crippen LogP contribution >= 0.6 is 0 Å². The van der Waals surface area contributed by atoms with Crippen LogP contribution in [0.3, 0.4) is 0 Å². The predicted molar refractivity (Wildman–Crippen MR) is 78.5 cm³/mol. The fourth-order valence-electron chi connectivity index (χ4n) is 3.13. The number of ether oxygens (including phenoxy) is 1. The number of carbonyl (C=O) groups is 2. The molecule has 0 N–H and O–H groups in total. The lowest BCUT2D eigenvalue weighted by atomic mass is 9.83. The molecular formula is C17H19NO3. The molecule has 110 valence electrons. The van der Waals surface area contributed by atoms with Crippen LogP contribution in [0.1, 0.15) is 36.0 Å². The number of likely N-dealkylation sites (tertiary alicyclic amines) is 1. The molecule has 1 saturated heterocycles. The van der Waals surface area contributed by atoms with E-state index in [0.717, 1.165) is 18.5 Å². The fraction of sp³-hybridized carbons (Fsp3) is 0.412. The molecule has 4 heteroatoms. The summed E-state index contributed by atoms with van der Waals surface area (Å²) in [5, 5.41) is 0. The Bertz CT molecular complexity index is 579. The second kappa shape index (κ2) is 5.72. The van der Waals surface area contributed by atoms with Crippen LogP contribution in [0.2, 0.25) is 0 Å². The van der Waals surface area contributed by atoms with Crippen molar-refractivity contribution >= 4 is 11.9 Å². The van der Waals surface area contributed by atoms with Gasteiger partial charge in [-0.15, -0.1) is 0 Å². The Hall–Kier alpha value is -2.10. The lowest BCUT2D eigenvalue weighted by molar-refractivity contribution is -0.131. The Kier molecular flexibility index (Phi) is 3.78. The Morgan fingerprint density at radius 3 is 2.81 bits per heavy atom. The number of piperidine rings is 1. The lowest BCUT2D eigenvalue weighted by Gasteiger charge is -2.37. The van der Waals surface area contributed by atoms with Crippen LogP contribution in [0.4, 0.5) is 0 Å². The number of nitrogens with zero attached hydrogens (tertiary/aromatic N) is 1. The molecule has 1 amide bonds. The standard InChI is InChI=1S/C17H19NO3/c1-18-15-9-8-14(11-13(15)7-10-16(18)19)21-17(20)12-5-3-2-4-6-12/h2-6,9,13-14H,7-8,10-11H2,1H3/t13-,14-/m1/s1. The highest BCUT2D eigenvalue weighted by molar-refractivity contribution is 5.89. The van der Waals surface area contributed by atoms with Crippen molar-refractivity contribution in [3.8, 4) is 0 Å². The highest BCUT2D eigenvalue weighted by Gasteiger charge is 2.34. The van der Waals surface area contributed by atoms with Crippen molar-refractivity contribution in [3.05, 3.63) is 47.7 Å². The second-order valence-electron chi connectivity index (χ2n) is 5.68. The van der Waals surface area contributed by atoms with Gasteiger partial charge in [-0.2, -0.15) is 0 Å². The largest absolute Gasteiger partial charge is 0.458 e. The summed E-state index contributed by atoms with van der Waals surface area (Å²) in [6.07, 6.45) is 4.89. The van der Waals surface area contributed by atoms with Gasteiger partial charge in [-0.3, -0.25) is 4.79 Å². The number of benzene rings is 1. The van der Waals surface area contributed by atoms with Gasteiger partial charge in [-0.05, 0) is 25.0 Å². The number of rotatable bonds is 2. The van der Waals surface area contributed by atoms with E-state index >= 15 is 0 Å². The second-order valence-corrected chi connectivity index (χ2v) is 5.68. The van der Waals surface area contributed by atoms with Gasteiger partial charge >= 0.3 is 5.97 Å². The van der Waals surface area contributed by atoms with E-state index in [1.807, 2.05) is 31.3 Å². The number of amides is 1. The zero-order valence-corrected chi connectivity index (χ0v) is 12.1. The van der Waals surface area contributed by atoms with Crippen LogP contribution in [-0.4, -0.2) is 29.9 Å². The quantitative estimate of drug-likeness (QED) is 0.785. The average molecular weight is 285 g/mol. The van der Waals surface area contributed by atoms with Crippen molar-refractivity contribution in [3.63, 3.8) is 0 Å². The molecule has 3 rings (SSSR count). The van der Waals surface area contributed by atoms with Crippen LogP contribution in [0, 0.1) is 5.92 Å². The van der Waals surface area contributed by atoms with E-state index in [4.69, 9.17) is 4.74 Å². The van der Waals surface area contributed by atoms with Crippen molar-refractivity contribution in [1.29, 1.82) is 0 Å². The molecule has 1 aromatic carbocycles. The van der Waals surface area contributed by atoms with Crippen molar-refractivity contribution < 1.29 is 14.3 Å². The molecule has 1 fully saturated rings. The zero-order valence-electron chi connectivity index (χ0n) is 12.1. The number of fused-ring (bicyclic) bond motifs is 1. The smallest absolute Gasteiger partial charge is 0.338 e. The molecule has 0 saturated carbocycles. The first-order chi connectivity index (χ1) is 10.1. The summed E-state index contributed by atoms with van der Waals surface area (Å²) >= 11 is 0. The van der Waals surface area contributed by atoms with Gasteiger partial charge in [-0.25, -0.2) is 4.79 Å². The van der Waals surface area contributed by atoms with Crippen molar-refractivity contribution in [2.45, 2.75) is 31.8 Å². The number of esters is 1. The summed E-state index contributed by atoms with van der Waals surface area (Å²) in [5.74, 6) is 0.241. The zero-order chi connectivity index (χ0) is 14.8. The van der Waals surface area contributed by atoms with E-state index in [9.17, 15) is 9.59 Å². The lowest BCUT2D eigenvalue weighted by Crippen LogP contribution is -2.39. The normalized spacial score (nSPS) is 25.1. The van der Waals surface area contributed by atoms with Crippen LogP contribution in [-0.2, 0) is 9.53 Å². The van der Waals surface area contributed by atoms with E-state index in [1.165, 1.54) is 0 Å². The molecule has 1 aliphatic carbocycles. The Balaban J connectivity index is 1.66. The van der Waals surface area contributed by atoms with Gasteiger partial charge in [0, 0.05) is 31.5 Å².